The van der Waals surface area contributed by atoms with Crippen LogP contribution in [0.4, 0.5) is 0 Å². The van der Waals surface area contributed by atoms with E-state index in [0.29, 0.717) is 0 Å². The third-order valence-electron chi connectivity index (χ3n) is 2.87. The summed E-state index contributed by atoms with van der Waals surface area (Å²) < 4.78 is 0. The zero-order chi connectivity index (χ0) is 11.5. The van der Waals surface area contributed by atoms with Gasteiger partial charge in [0.15, 0.2) is 0 Å². The van der Waals surface area contributed by atoms with Crippen LogP contribution in [0.15, 0.2) is 23.1 Å². The highest BCUT2D eigenvalue weighted by atomic mass is 32.2. The van der Waals surface area contributed by atoms with Crippen molar-refractivity contribution in [1.82, 2.24) is 0 Å². The molecular formula is C12H15NO2S. The summed E-state index contributed by atoms with van der Waals surface area (Å²) in [6, 6.07) is 5.93. The largest absolute Gasteiger partial charge is 0.481 e. The van der Waals surface area contributed by atoms with Crippen molar-refractivity contribution in [3.8, 4) is 0 Å². The Kier molecular flexibility index (Phi) is 3.51. The average Bonchev–Trinajstić information content (AvgIpc) is 2.29. The highest BCUT2D eigenvalue weighted by Gasteiger charge is 2.19. The zero-order valence-corrected chi connectivity index (χ0v) is 9.80. The number of hydrogen-bond donors (Lipinski definition) is 2. The maximum absolute atomic E-state index is 11.0. The Morgan fingerprint density at radius 1 is 1.56 bits per heavy atom. The highest BCUT2D eigenvalue weighted by molar-refractivity contribution is 7.99. The van der Waals surface area contributed by atoms with Gasteiger partial charge in [0.2, 0.25) is 0 Å². The number of carboxylic acids is 1. The summed E-state index contributed by atoms with van der Waals surface area (Å²) >= 11 is 1.85. The molecule has 0 bridgehead atoms. The molecular weight excluding hydrogens is 222 g/mol. The fourth-order valence-electron chi connectivity index (χ4n) is 1.98. The molecule has 1 aromatic carbocycles. The van der Waals surface area contributed by atoms with Crippen LogP contribution in [-0.2, 0) is 11.2 Å². The van der Waals surface area contributed by atoms with Gasteiger partial charge >= 0.3 is 5.97 Å². The van der Waals surface area contributed by atoms with Crippen molar-refractivity contribution in [3.05, 3.63) is 29.3 Å². The standard InChI is InChI=1S/C12H15NO2S/c13-7-10(12(14)15)8-3-4-11-9(6-8)2-1-5-16-11/h3-4,6,10H,1-2,5,7,13H2,(H,14,15). The summed E-state index contributed by atoms with van der Waals surface area (Å²) in [7, 11) is 0. The van der Waals surface area contributed by atoms with Crippen LogP contribution in [0.3, 0.4) is 0 Å². The van der Waals surface area contributed by atoms with E-state index in [1.807, 2.05) is 30.0 Å². The molecule has 16 heavy (non-hydrogen) atoms. The predicted octanol–water partition coefficient (Wildman–Crippen LogP) is 1.85. The molecule has 1 unspecified atom stereocenters. The lowest BCUT2D eigenvalue weighted by Crippen LogP contribution is -2.21. The van der Waals surface area contributed by atoms with Gasteiger partial charge in [-0.25, -0.2) is 0 Å². The van der Waals surface area contributed by atoms with Gasteiger partial charge in [-0.05, 0) is 35.8 Å². The second-order valence-corrected chi connectivity index (χ2v) is 5.08. The molecule has 0 spiro atoms. The number of aliphatic carboxylic acids is 1. The molecule has 1 aliphatic heterocycles. The summed E-state index contributed by atoms with van der Waals surface area (Å²) in [6.07, 6.45) is 2.22. The van der Waals surface area contributed by atoms with Crippen LogP contribution in [0.5, 0.6) is 0 Å². The Bertz CT molecular complexity index is 406. The summed E-state index contributed by atoms with van der Waals surface area (Å²) in [5.74, 6) is -0.255. The molecule has 0 aromatic heterocycles. The number of rotatable bonds is 3. The molecule has 3 N–H and O–H groups in total. The van der Waals surface area contributed by atoms with Crippen LogP contribution >= 0.6 is 11.8 Å². The zero-order valence-electron chi connectivity index (χ0n) is 8.98. The van der Waals surface area contributed by atoms with Gasteiger partial charge in [-0.3, -0.25) is 4.79 Å². The highest BCUT2D eigenvalue weighted by Crippen LogP contribution is 2.32. The summed E-state index contributed by atoms with van der Waals surface area (Å²) in [4.78, 5) is 12.3. The van der Waals surface area contributed by atoms with E-state index in [-0.39, 0.29) is 6.54 Å². The van der Waals surface area contributed by atoms with Gasteiger partial charge in [0.25, 0.3) is 0 Å². The molecule has 1 heterocycles. The topological polar surface area (TPSA) is 63.3 Å². The van der Waals surface area contributed by atoms with E-state index in [1.165, 1.54) is 16.9 Å². The maximum Gasteiger partial charge on any atom is 0.312 e. The van der Waals surface area contributed by atoms with E-state index in [0.717, 1.165) is 17.7 Å². The van der Waals surface area contributed by atoms with Crippen molar-refractivity contribution >= 4 is 17.7 Å². The van der Waals surface area contributed by atoms with Crippen molar-refractivity contribution in [3.63, 3.8) is 0 Å². The van der Waals surface area contributed by atoms with Crippen molar-refractivity contribution in [2.75, 3.05) is 12.3 Å². The van der Waals surface area contributed by atoms with E-state index in [1.54, 1.807) is 0 Å². The van der Waals surface area contributed by atoms with E-state index < -0.39 is 11.9 Å². The Morgan fingerprint density at radius 3 is 3.06 bits per heavy atom. The number of aryl methyl sites for hydroxylation is 1. The van der Waals surface area contributed by atoms with Crippen LogP contribution in [0, 0.1) is 0 Å². The van der Waals surface area contributed by atoms with Gasteiger partial charge in [-0.2, -0.15) is 0 Å². The fourth-order valence-corrected chi connectivity index (χ4v) is 3.00. The van der Waals surface area contributed by atoms with E-state index >= 15 is 0 Å². The van der Waals surface area contributed by atoms with Crippen molar-refractivity contribution < 1.29 is 9.90 Å². The first-order valence-corrected chi connectivity index (χ1v) is 6.39. The molecule has 86 valence electrons. The predicted molar refractivity (Wildman–Crippen MR) is 64.9 cm³/mol. The lowest BCUT2D eigenvalue weighted by atomic mass is 9.96. The van der Waals surface area contributed by atoms with Crippen LogP contribution < -0.4 is 5.73 Å². The molecule has 1 atom stereocenters. The number of benzene rings is 1. The second-order valence-electron chi connectivity index (χ2n) is 3.95. The SMILES string of the molecule is NCC(C(=O)O)c1ccc2c(c1)CCCS2. The lowest BCUT2D eigenvalue weighted by Gasteiger charge is -2.18. The first-order chi connectivity index (χ1) is 7.72. The molecule has 2 rings (SSSR count). The molecule has 1 aromatic rings. The Labute approximate surface area is 99.0 Å². The summed E-state index contributed by atoms with van der Waals surface area (Å²) in [5, 5.41) is 9.05. The average molecular weight is 237 g/mol. The van der Waals surface area contributed by atoms with Gasteiger partial charge in [0, 0.05) is 11.4 Å². The van der Waals surface area contributed by atoms with Gasteiger partial charge in [-0.15, -0.1) is 11.8 Å². The van der Waals surface area contributed by atoms with Crippen LogP contribution in [-0.4, -0.2) is 23.4 Å². The quantitative estimate of drug-likeness (QED) is 0.842. The lowest BCUT2D eigenvalue weighted by molar-refractivity contribution is -0.138. The number of nitrogens with two attached hydrogens (primary N) is 1. The second kappa shape index (κ2) is 4.89. The van der Waals surface area contributed by atoms with E-state index in [9.17, 15) is 4.79 Å². The monoisotopic (exact) mass is 237 g/mol. The van der Waals surface area contributed by atoms with Crippen molar-refractivity contribution in [2.24, 2.45) is 5.73 Å². The minimum Gasteiger partial charge on any atom is -0.481 e. The van der Waals surface area contributed by atoms with Gasteiger partial charge in [0.1, 0.15) is 0 Å². The minimum atomic E-state index is -0.842. The molecule has 0 aliphatic carbocycles. The molecule has 3 nitrogen and oxygen atoms in total. The maximum atomic E-state index is 11.0. The molecule has 0 saturated heterocycles. The molecule has 0 amide bonds. The van der Waals surface area contributed by atoms with E-state index in [2.05, 4.69) is 0 Å². The third kappa shape index (κ3) is 2.23. The smallest absolute Gasteiger partial charge is 0.312 e. The molecule has 1 aliphatic rings. The Balaban J connectivity index is 2.32. The van der Waals surface area contributed by atoms with Crippen LogP contribution in [0.2, 0.25) is 0 Å². The number of thioether (sulfide) groups is 1. The van der Waals surface area contributed by atoms with Gasteiger partial charge in [0.05, 0.1) is 5.92 Å². The minimum absolute atomic E-state index is 0.154. The van der Waals surface area contributed by atoms with Gasteiger partial charge in [-0.1, -0.05) is 12.1 Å². The molecule has 0 radical (unpaired) electrons. The van der Waals surface area contributed by atoms with Crippen molar-refractivity contribution in [2.45, 2.75) is 23.7 Å². The number of fused-ring (bicyclic) bond motifs is 1. The van der Waals surface area contributed by atoms with Crippen LogP contribution in [0.25, 0.3) is 0 Å². The molecule has 4 heteroatoms. The Morgan fingerprint density at radius 2 is 2.38 bits per heavy atom. The Hall–Kier alpha value is -1.00. The van der Waals surface area contributed by atoms with Gasteiger partial charge < -0.3 is 10.8 Å². The normalized spacial score (nSPS) is 16.6. The number of carboxylic acid groups (broad SMARTS) is 1. The number of hydrogen-bond acceptors (Lipinski definition) is 3. The number of carbonyl (C=O) groups is 1. The van der Waals surface area contributed by atoms with Crippen LogP contribution in [0.1, 0.15) is 23.5 Å². The third-order valence-corrected chi connectivity index (χ3v) is 4.07. The first-order valence-electron chi connectivity index (χ1n) is 5.41. The van der Waals surface area contributed by atoms with Crippen molar-refractivity contribution in [1.29, 1.82) is 0 Å². The summed E-state index contributed by atoms with van der Waals surface area (Å²) in [5.41, 5.74) is 7.60. The molecule has 0 saturated carbocycles. The van der Waals surface area contributed by atoms with E-state index in [4.69, 9.17) is 10.8 Å². The fraction of sp³-hybridized carbons (Fsp3) is 0.417. The molecule has 0 fully saturated rings. The summed E-state index contributed by atoms with van der Waals surface area (Å²) in [6.45, 7) is 0.154. The first kappa shape index (κ1) is 11.5.